The van der Waals surface area contributed by atoms with Crippen LogP contribution in [0.2, 0.25) is 0 Å². The van der Waals surface area contributed by atoms with E-state index in [-0.39, 0.29) is 11.9 Å². The van der Waals surface area contributed by atoms with Crippen LogP contribution < -0.4 is 11.1 Å². The van der Waals surface area contributed by atoms with E-state index in [2.05, 4.69) is 10.5 Å². The maximum Gasteiger partial charge on any atom is 0.256 e. The number of thiocarbonyl (C=S) groups is 1. The lowest BCUT2D eigenvalue weighted by atomic mass is 10.2. The van der Waals surface area contributed by atoms with Crippen molar-refractivity contribution >= 4 is 46.0 Å². The Balaban J connectivity index is 2.10. The molecule has 0 fully saturated rings. The topological polar surface area (TPSA) is 111 Å². The minimum Gasteiger partial charge on any atom is -0.380 e. The molecule has 7 nitrogen and oxygen atoms in total. The average molecular weight is 323 g/mol. The largest absolute Gasteiger partial charge is 0.380 e. The van der Waals surface area contributed by atoms with Gasteiger partial charge in [-0.25, -0.2) is 0 Å². The third kappa shape index (κ3) is 3.59. The van der Waals surface area contributed by atoms with E-state index in [0.717, 1.165) is 0 Å². The summed E-state index contributed by atoms with van der Waals surface area (Å²) in [5.74, 6) is -0.349. The van der Waals surface area contributed by atoms with Gasteiger partial charge in [-0.3, -0.25) is 4.79 Å². The zero-order valence-corrected chi connectivity index (χ0v) is 13.0. The SMILES string of the molecule is CC(C)O[C@@H](C=S)[C@@H](O)C(=O)Nc1ccc2c(N)noc2c1. The van der Waals surface area contributed by atoms with Gasteiger partial charge in [-0.1, -0.05) is 17.4 Å². The number of nitrogens with one attached hydrogen (secondary N) is 1. The first-order chi connectivity index (χ1) is 10.4. The number of fused-ring (bicyclic) bond motifs is 1. The number of aliphatic hydroxyl groups excluding tert-OH is 1. The third-order valence-corrected chi connectivity index (χ3v) is 3.18. The van der Waals surface area contributed by atoms with E-state index in [1.165, 1.54) is 5.37 Å². The second-order valence-corrected chi connectivity index (χ2v) is 5.27. The van der Waals surface area contributed by atoms with Crippen molar-refractivity contribution in [2.75, 3.05) is 11.1 Å². The number of aliphatic hydroxyl groups is 1. The van der Waals surface area contributed by atoms with E-state index in [4.69, 9.17) is 27.2 Å². The van der Waals surface area contributed by atoms with Gasteiger partial charge in [0.25, 0.3) is 5.91 Å². The maximum absolute atomic E-state index is 12.1. The molecule has 2 aromatic rings. The summed E-state index contributed by atoms with van der Waals surface area (Å²) >= 11 is 4.79. The minimum atomic E-state index is -1.41. The zero-order chi connectivity index (χ0) is 16.3. The van der Waals surface area contributed by atoms with Gasteiger partial charge >= 0.3 is 0 Å². The monoisotopic (exact) mass is 323 g/mol. The molecule has 22 heavy (non-hydrogen) atoms. The standard InChI is InChI=1S/C14H17N3O4S/c1-7(2)20-11(6-22)12(18)14(19)16-8-3-4-9-10(5-8)21-17-13(9)15/h3-7,11-12,18H,1-2H3,(H2,15,17)(H,16,19)/t11-,12+/m0/s1. The predicted octanol–water partition coefficient (Wildman–Crippen LogP) is 1.50. The molecule has 8 heteroatoms. The number of amides is 1. The Kier molecular flexibility index (Phi) is 5.07. The fourth-order valence-electron chi connectivity index (χ4n) is 1.90. The molecule has 0 aliphatic carbocycles. The van der Waals surface area contributed by atoms with Crippen molar-refractivity contribution in [3.05, 3.63) is 18.2 Å². The van der Waals surface area contributed by atoms with Crippen molar-refractivity contribution in [3.63, 3.8) is 0 Å². The molecule has 0 spiro atoms. The van der Waals surface area contributed by atoms with Crippen molar-refractivity contribution in [2.24, 2.45) is 0 Å². The molecule has 0 unspecified atom stereocenters. The quantitative estimate of drug-likeness (QED) is 0.691. The summed E-state index contributed by atoms with van der Waals surface area (Å²) < 4.78 is 10.4. The van der Waals surface area contributed by atoms with E-state index in [1.807, 2.05) is 0 Å². The number of hydrogen-bond donors (Lipinski definition) is 3. The van der Waals surface area contributed by atoms with E-state index >= 15 is 0 Å². The van der Waals surface area contributed by atoms with Crippen LogP contribution in [0.15, 0.2) is 22.7 Å². The lowest BCUT2D eigenvalue weighted by Gasteiger charge is -2.21. The van der Waals surface area contributed by atoms with E-state index < -0.39 is 18.1 Å². The fraction of sp³-hybridized carbons (Fsp3) is 0.357. The molecule has 1 aromatic carbocycles. The van der Waals surface area contributed by atoms with Gasteiger partial charge < -0.3 is 25.4 Å². The molecular formula is C14H17N3O4S. The Morgan fingerprint density at radius 1 is 1.55 bits per heavy atom. The van der Waals surface area contributed by atoms with Gasteiger partial charge in [0, 0.05) is 17.1 Å². The highest BCUT2D eigenvalue weighted by Crippen LogP contribution is 2.23. The minimum absolute atomic E-state index is 0.167. The number of carbonyl (C=O) groups is 1. The van der Waals surface area contributed by atoms with Crippen LogP contribution >= 0.6 is 12.2 Å². The molecule has 4 N–H and O–H groups in total. The molecule has 0 saturated heterocycles. The summed E-state index contributed by atoms with van der Waals surface area (Å²) in [7, 11) is 0. The summed E-state index contributed by atoms with van der Waals surface area (Å²) in [4.78, 5) is 12.1. The zero-order valence-electron chi connectivity index (χ0n) is 12.1. The van der Waals surface area contributed by atoms with Gasteiger partial charge in [-0.05, 0) is 26.0 Å². The van der Waals surface area contributed by atoms with Gasteiger partial charge in [0.1, 0.15) is 6.10 Å². The molecule has 0 aliphatic heterocycles. The second-order valence-electron chi connectivity index (χ2n) is 5.00. The van der Waals surface area contributed by atoms with Crippen molar-refractivity contribution in [2.45, 2.75) is 32.2 Å². The summed E-state index contributed by atoms with van der Waals surface area (Å²) in [5, 5.41) is 18.1. The molecule has 1 amide bonds. The van der Waals surface area contributed by atoms with Crippen LogP contribution in [0.1, 0.15) is 13.8 Å². The number of hydrogen-bond acceptors (Lipinski definition) is 7. The number of carbonyl (C=O) groups excluding carboxylic acids is 1. The van der Waals surface area contributed by atoms with E-state index in [0.29, 0.717) is 16.7 Å². The predicted molar refractivity (Wildman–Crippen MR) is 86.7 cm³/mol. The number of nitrogens with zero attached hydrogens (tertiary/aromatic N) is 1. The summed E-state index contributed by atoms with van der Waals surface area (Å²) in [6.07, 6.45) is -2.43. The number of aromatic nitrogens is 1. The first kappa shape index (κ1) is 16.3. The molecule has 2 atom stereocenters. The molecule has 0 aliphatic rings. The highest BCUT2D eigenvalue weighted by molar-refractivity contribution is 7.79. The Morgan fingerprint density at radius 3 is 2.91 bits per heavy atom. The van der Waals surface area contributed by atoms with Crippen molar-refractivity contribution in [1.29, 1.82) is 0 Å². The average Bonchev–Trinajstić information content (AvgIpc) is 2.84. The number of anilines is 2. The molecule has 1 heterocycles. The highest BCUT2D eigenvalue weighted by Gasteiger charge is 2.26. The first-order valence-corrected chi connectivity index (χ1v) is 7.14. The first-order valence-electron chi connectivity index (χ1n) is 6.67. The number of ether oxygens (including phenoxy) is 1. The smallest absolute Gasteiger partial charge is 0.256 e. The number of rotatable bonds is 6. The Hall–Kier alpha value is -2.03. The van der Waals surface area contributed by atoms with Gasteiger partial charge in [-0.15, -0.1) is 0 Å². The Labute approximate surface area is 132 Å². The summed E-state index contributed by atoms with van der Waals surface area (Å²) in [6.45, 7) is 3.58. The highest BCUT2D eigenvalue weighted by atomic mass is 32.1. The van der Waals surface area contributed by atoms with Gasteiger partial charge in [0.15, 0.2) is 17.5 Å². The van der Waals surface area contributed by atoms with Crippen LogP contribution in [0.4, 0.5) is 11.5 Å². The van der Waals surface area contributed by atoms with Crippen LogP contribution in [-0.4, -0.2) is 39.8 Å². The van der Waals surface area contributed by atoms with Gasteiger partial charge in [-0.2, -0.15) is 0 Å². The number of benzene rings is 1. The van der Waals surface area contributed by atoms with Crippen LogP contribution in [0, 0.1) is 0 Å². The fourth-order valence-corrected chi connectivity index (χ4v) is 2.11. The molecule has 0 radical (unpaired) electrons. The molecule has 1 aromatic heterocycles. The van der Waals surface area contributed by atoms with Gasteiger partial charge in [0.05, 0.1) is 11.5 Å². The summed E-state index contributed by atoms with van der Waals surface area (Å²) in [5.41, 5.74) is 6.50. The van der Waals surface area contributed by atoms with Crippen LogP contribution in [0.25, 0.3) is 11.0 Å². The van der Waals surface area contributed by atoms with Crippen LogP contribution in [0.3, 0.4) is 0 Å². The lowest BCUT2D eigenvalue weighted by Crippen LogP contribution is -2.41. The molecule has 0 saturated carbocycles. The molecular weight excluding hydrogens is 306 g/mol. The van der Waals surface area contributed by atoms with E-state index in [1.54, 1.807) is 32.0 Å². The number of nitrogen functional groups attached to an aromatic ring is 1. The third-order valence-electron chi connectivity index (χ3n) is 2.91. The van der Waals surface area contributed by atoms with Gasteiger partial charge in [0.2, 0.25) is 0 Å². The lowest BCUT2D eigenvalue weighted by molar-refractivity contribution is -0.130. The second kappa shape index (κ2) is 6.82. The molecule has 0 bridgehead atoms. The van der Waals surface area contributed by atoms with E-state index in [9.17, 15) is 9.90 Å². The number of nitrogens with two attached hydrogens (primary N) is 1. The van der Waals surface area contributed by atoms with Crippen molar-refractivity contribution < 1.29 is 19.2 Å². The molecule has 118 valence electrons. The summed E-state index contributed by atoms with van der Waals surface area (Å²) in [6, 6.07) is 4.87. The normalized spacial score (nSPS) is 14.0. The Bertz CT molecular complexity index is 686. The molecule has 2 rings (SSSR count). The van der Waals surface area contributed by atoms with Crippen LogP contribution in [0.5, 0.6) is 0 Å². The van der Waals surface area contributed by atoms with Crippen molar-refractivity contribution in [1.82, 2.24) is 5.16 Å². The van der Waals surface area contributed by atoms with Crippen molar-refractivity contribution in [3.8, 4) is 0 Å². The Morgan fingerprint density at radius 2 is 2.27 bits per heavy atom. The maximum atomic E-state index is 12.1. The van der Waals surface area contributed by atoms with Crippen LogP contribution in [-0.2, 0) is 9.53 Å².